The molecule has 10 heteroatoms. The third-order valence-electron chi connectivity index (χ3n) is 3.95. The van der Waals surface area contributed by atoms with Crippen molar-refractivity contribution in [1.29, 1.82) is 0 Å². The lowest BCUT2D eigenvalue weighted by atomic mass is 10.2. The first-order chi connectivity index (χ1) is 12.8. The summed E-state index contributed by atoms with van der Waals surface area (Å²) in [6.45, 7) is 6.18. The Morgan fingerprint density at radius 2 is 2.00 bits per heavy atom. The number of benzene rings is 1. The molecule has 0 aliphatic rings. The van der Waals surface area contributed by atoms with Crippen LogP contribution >= 0.6 is 0 Å². The summed E-state index contributed by atoms with van der Waals surface area (Å²) in [5, 5.41) is 6.39. The third kappa shape index (κ3) is 4.83. The van der Waals surface area contributed by atoms with E-state index in [1.807, 2.05) is 0 Å². The van der Waals surface area contributed by atoms with Gasteiger partial charge in [0.25, 0.3) is 5.91 Å². The van der Waals surface area contributed by atoms with Gasteiger partial charge in [0.15, 0.2) is 5.82 Å². The number of rotatable bonds is 9. The van der Waals surface area contributed by atoms with Gasteiger partial charge in [-0.3, -0.25) is 4.79 Å². The minimum Gasteiger partial charge on any atom is -0.496 e. The molecule has 0 aliphatic heterocycles. The lowest BCUT2D eigenvalue weighted by Crippen LogP contribution is -2.31. The highest BCUT2D eigenvalue weighted by Gasteiger charge is 2.24. The molecule has 0 spiro atoms. The van der Waals surface area contributed by atoms with Crippen molar-refractivity contribution in [2.24, 2.45) is 0 Å². The second-order valence-corrected chi connectivity index (χ2v) is 7.63. The summed E-state index contributed by atoms with van der Waals surface area (Å²) in [4.78, 5) is 16.6. The molecule has 1 heterocycles. The van der Waals surface area contributed by atoms with Gasteiger partial charge < -0.3 is 14.6 Å². The molecule has 0 saturated heterocycles. The first-order valence-electron chi connectivity index (χ1n) is 8.59. The van der Waals surface area contributed by atoms with Gasteiger partial charge in [0.05, 0.1) is 17.6 Å². The van der Waals surface area contributed by atoms with Crippen LogP contribution in [0.2, 0.25) is 0 Å². The Labute approximate surface area is 158 Å². The first-order valence-corrected chi connectivity index (χ1v) is 10.0. The number of methoxy groups -OCH3 is 1. The van der Waals surface area contributed by atoms with Gasteiger partial charge in [0.1, 0.15) is 5.75 Å². The summed E-state index contributed by atoms with van der Waals surface area (Å²) in [6.07, 6.45) is 0.367. The summed E-state index contributed by atoms with van der Waals surface area (Å²) in [5.41, 5.74) is 0.146. The minimum absolute atomic E-state index is 0.0460. The van der Waals surface area contributed by atoms with Crippen molar-refractivity contribution in [2.45, 2.75) is 32.1 Å². The minimum atomic E-state index is -3.68. The van der Waals surface area contributed by atoms with Crippen LogP contribution in [0.1, 0.15) is 35.9 Å². The van der Waals surface area contributed by atoms with E-state index in [1.165, 1.54) is 29.6 Å². The van der Waals surface area contributed by atoms with E-state index in [9.17, 15) is 13.2 Å². The molecule has 0 atom stereocenters. The fourth-order valence-electron chi connectivity index (χ4n) is 2.56. The highest BCUT2D eigenvalue weighted by atomic mass is 32.2. The zero-order valence-corrected chi connectivity index (χ0v) is 16.7. The number of sulfonamides is 1. The molecule has 0 radical (unpaired) electrons. The van der Waals surface area contributed by atoms with Crippen LogP contribution in [0, 0.1) is 6.92 Å². The number of aromatic nitrogens is 2. The largest absolute Gasteiger partial charge is 0.496 e. The highest BCUT2D eigenvalue weighted by Crippen LogP contribution is 2.24. The number of hydrogen-bond acceptors (Lipinski definition) is 7. The molecule has 2 aromatic rings. The summed E-state index contributed by atoms with van der Waals surface area (Å²) >= 11 is 0. The quantitative estimate of drug-likeness (QED) is 0.681. The van der Waals surface area contributed by atoms with Crippen molar-refractivity contribution < 1.29 is 22.5 Å². The van der Waals surface area contributed by atoms with E-state index in [0.717, 1.165) is 0 Å². The monoisotopic (exact) mass is 396 g/mol. The zero-order chi connectivity index (χ0) is 20.0. The van der Waals surface area contributed by atoms with Crippen LogP contribution in [0.15, 0.2) is 27.6 Å². The molecular weight excluding hydrogens is 372 g/mol. The average Bonchev–Trinajstić information content (AvgIpc) is 3.07. The van der Waals surface area contributed by atoms with Gasteiger partial charge in [-0.1, -0.05) is 19.0 Å². The lowest BCUT2D eigenvalue weighted by Gasteiger charge is -2.19. The number of carbonyl (C=O) groups excluding carboxylic acids is 1. The number of amides is 1. The van der Waals surface area contributed by atoms with Crippen molar-refractivity contribution in [3.8, 4) is 5.75 Å². The molecule has 1 aromatic carbocycles. The molecule has 9 nitrogen and oxygen atoms in total. The summed E-state index contributed by atoms with van der Waals surface area (Å²) in [5.74, 6) is 0.782. The van der Waals surface area contributed by atoms with E-state index in [-0.39, 0.29) is 17.0 Å². The summed E-state index contributed by atoms with van der Waals surface area (Å²) in [7, 11) is -2.26. The van der Waals surface area contributed by atoms with E-state index in [2.05, 4.69) is 15.5 Å². The van der Waals surface area contributed by atoms with E-state index in [4.69, 9.17) is 9.26 Å². The van der Waals surface area contributed by atoms with Crippen LogP contribution in [0.25, 0.3) is 0 Å². The molecule has 0 bridgehead atoms. The van der Waals surface area contributed by atoms with Gasteiger partial charge in [-0.05, 0) is 25.1 Å². The smallest absolute Gasteiger partial charge is 0.255 e. The van der Waals surface area contributed by atoms with Crippen LogP contribution in [-0.2, 0) is 16.4 Å². The number of ether oxygens (including phenoxy) is 1. The Bertz CT molecular complexity index is 890. The van der Waals surface area contributed by atoms with Gasteiger partial charge >= 0.3 is 0 Å². The van der Waals surface area contributed by atoms with Crippen LogP contribution in [0.3, 0.4) is 0 Å². The lowest BCUT2D eigenvalue weighted by molar-refractivity contribution is 0.0950. The van der Waals surface area contributed by atoms with Crippen LogP contribution < -0.4 is 10.1 Å². The van der Waals surface area contributed by atoms with Gasteiger partial charge in [-0.25, -0.2) is 8.42 Å². The Balaban J connectivity index is 2.20. The molecule has 0 saturated carbocycles. The topological polar surface area (TPSA) is 115 Å². The Morgan fingerprint density at radius 3 is 2.56 bits per heavy atom. The van der Waals surface area contributed by atoms with Crippen LogP contribution in [0.4, 0.5) is 0 Å². The Hall–Kier alpha value is -2.46. The van der Waals surface area contributed by atoms with Crippen molar-refractivity contribution in [3.63, 3.8) is 0 Å². The number of aryl methyl sites for hydroxylation is 1. The second kappa shape index (κ2) is 8.96. The molecule has 0 unspecified atom stereocenters. The average molecular weight is 396 g/mol. The number of carbonyl (C=O) groups is 1. The Kier molecular flexibility index (Phi) is 6.92. The Morgan fingerprint density at radius 1 is 1.30 bits per heavy atom. The van der Waals surface area contributed by atoms with E-state index >= 15 is 0 Å². The van der Waals surface area contributed by atoms with E-state index in [1.54, 1.807) is 20.8 Å². The first kappa shape index (κ1) is 20.8. The normalized spacial score (nSPS) is 11.6. The van der Waals surface area contributed by atoms with Crippen LogP contribution in [0.5, 0.6) is 5.75 Å². The van der Waals surface area contributed by atoms with Gasteiger partial charge in [-0.15, -0.1) is 0 Å². The molecule has 1 N–H and O–H groups in total. The van der Waals surface area contributed by atoms with Crippen LogP contribution in [-0.4, -0.2) is 55.5 Å². The molecule has 27 heavy (non-hydrogen) atoms. The molecule has 0 fully saturated rings. The van der Waals surface area contributed by atoms with Crippen molar-refractivity contribution >= 4 is 15.9 Å². The fraction of sp³-hybridized carbons (Fsp3) is 0.471. The molecular formula is C17H24N4O5S. The SMILES string of the molecule is CCN(CC)S(=O)(=O)c1ccc(OC)c(C(=O)NCCc2nc(C)no2)c1. The summed E-state index contributed by atoms with van der Waals surface area (Å²) < 4.78 is 36.9. The molecule has 0 aliphatic carbocycles. The third-order valence-corrected chi connectivity index (χ3v) is 6.00. The fourth-order valence-corrected chi connectivity index (χ4v) is 4.04. The number of hydrogen-bond donors (Lipinski definition) is 1. The number of nitrogens with zero attached hydrogens (tertiary/aromatic N) is 3. The van der Waals surface area contributed by atoms with Crippen molar-refractivity contribution in [2.75, 3.05) is 26.7 Å². The van der Waals surface area contributed by atoms with Gasteiger partial charge in [0, 0.05) is 26.1 Å². The van der Waals surface area contributed by atoms with Crippen molar-refractivity contribution in [1.82, 2.24) is 19.8 Å². The zero-order valence-electron chi connectivity index (χ0n) is 15.9. The molecule has 1 aromatic heterocycles. The maximum Gasteiger partial charge on any atom is 0.255 e. The highest BCUT2D eigenvalue weighted by molar-refractivity contribution is 7.89. The summed E-state index contributed by atoms with van der Waals surface area (Å²) in [6, 6.07) is 4.25. The predicted octanol–water partition coefficient (Wildman–Crippen LogP) is 1.39. The predicted molar refractivity (Wildman–Crippen MR) is 98.2 cm³/mol. The van der Waals surface area contributed by atoms with Gasteiger partial charge in [0.2, 0.25) is 15.9 Å². The van der Waals surface area contributed by atoms with Gasteiger partial charge in [-0.2, -0.15) is 9.29 Å². The van der Waals surface area contributed by atoms with Crippen molar-refractivity contribution in [3.05, 3.63) is 35.5 Å². The number of nitrogens with one attached hydrogen (secondary N) is 1. The maximum atomic E-state index is 12.7. The van der Waals surface area contributed by atoms with E-state index < -0.39 is 15.9 Å². The molecule has 1 amide bonds. The standard InChI is InChI=1S/C17H24N4O5S/c1-5-21(6-2)27(23,24)13-7-8-15(25-4)14(11-13)17(22)18-10-9-16-19-12(3)20-26-16/h7-8,11H,5-6,9-10H2,1-4H3,(H,18,22). The molecule has 148 valence electrons. The van der Waals surface area contributed by atoms with E-state index in [0.29, 0.717) is 37.0 Å². The molecule has 2 rings (SSSR count). The maximum absolute atomic E-state index is 12.7. The second-order valence-electron chi connectivity index (χ2n) is 5.69.